The lowest BCUT2D eigenvalue weighted by molar-refractivity contribution is -0.773. The van der Waals surface area contributed by atoms with Crippen molar-refractivity contribution in [2.24, 2.45) is 0 Å². The summed E-state index contributed by atoms with van der Waals surface area (Å²) >= 11 is 0. The second-order valence-electron chi connectivity index (χ2n) is 5.23. The van der Waals surface area contributed by atoms with Gasteiger partial charge in [-0.15, -0.1) is 0 Å². The average Bonchev–Trinajstić information content (AvgIpc) is 2.63. The van der Waals surface area contributed by atoms with Crippen LogP contribution in [0, 0.1) is 5.21 Å². The van der Waals surface area contributed by atoms with E-state index in [4.69, 9.17) is 0 Å². The topological polar surface area (TPSA) is 57.5 Å². The predicted molar refractivity (Wildman–Crippen MR) is 88.5 cm³/mol. The molecule has 2 aromatic carbocycles. The van der Waals surface area contributed by atoms with Gasteiger partial charge < -0.3 is 10.3 Å². The van der Waals surface area contributed by atoms with Crippen LogP contribution in [0.2, 0.25) is 0 Å². The molecule has 0 bridgehead atoms. The summed E-state index contributed by atoms with van der Waals surface area (Å²) < 4.78 is 0. The van der Waals surface area contributed by atoms with E-state index in [1.807, 2.05) is 42.5 Å². The fraction of sp³-hybridized carbons (Fsp3) is 0.0526. The SMILES string of the molecule is O=C(c1ccc(-c2ccccc2)cc1)[NH+]([O-])Cc1ccncc1. The first-order valence-electron chi connectivity index (χ1n) is 7.36. The van der Waals surface area contributed by atoms with Crippen LogP contribution in [0.15, 0.2) is 79.1 Å². The largest absolute Gasteiger partial charge is 0.626 e. The van der Waals surface area contributed by atoms with Crippen LogP contribution in [-0.2, 0) is 6.54 Å². The summed E-state index contributed by atoms with van der Waals surface area (Å²) in [6.45, 7) is 0.0990. The van der Waals surface area contributed by atoms with Crippen molar-refractivity contribution in [1.82, 2.24) is 4.98 Å². The maximum atomic E-state index is 12.2. The van der Waals surface area contributed by atoms with Crippen LogP contribution < -0.4 is 5.06 Å². The number of quaternary nitrogens is 1. The molecular weight excluding hydrogens is 288 g/mol. The minimum absolute atomic E-state index is 0.0990. The van der Waals surface area contributed by atoms with Gasteiger partial charge in [0, 0.05) is 18.0 Å². The van der Waals surface area contributed by atoms with Crippen LogP contribution in [0.3, 0.4) is 0 Å². The molecule has 3 rings (SSSR count). The molecule has 114 valence electrons. The molecule has 1 N–H and O–H groups in total. The van der Waals surface area contributed by atoms with E-state index >= 15 is 0 Å². The van der Waals surface area contributed by atoms with Crippen LogP contribution >= 0.6 is 0 Å². The third-order valence-electron chi connectivity index (χ3n) is 3.62. The Balaban J connectivity index is 1.72. The highest BCUT2D eigenvalue weighted by Gasteiger charge is 2.14. The van der Waals surface area contributed by atoms with Crippen molar-refractivity contribution in [2.75, 3.05) is 0 Å². The van der Waals surface area contributed by atoms with E-state index in [2.05, 4.69) is 4.98 Å². The number of nitrogens with one attached hydrogen (secondary N) is 1. The maximum Gasteiger partial charge on any atom is 0.344 e. The van der Waals surface area contributed by atoms with Gasteiger partial charge in [0.05, 0.1) is 5.56 Å². The van der Waals surface area contributed by atoms with Gasteiger partial charge in [0.25, 0.3) is 0 Å². The molecule has 1 heterocycles. The predicted octanol–water partition coefficient (Wildman–Crippen LogP) is 2.47. The number of carbonyl (C=O) groups excluding carboxylic acids is 1. The summed E-state index contributed by atoms with van der Waals surface area (Å²) in [6.07, 6.45) is 3.23. The zero-order valence-corrected chi connectivity index (χ0v) is 12.5. The minimum Gasteiger partial charge on any atom is -0.626 e. The quantitative estimate of drug-likeness (QED) is 0.753. The summed E-state index contributed by atoms with van der Waals surface area (Å²) in [6, 6.07) is 20.5. The Kier molecular flexibility index (Phi) is 4.57. The second kappa shape index (κ2) is 6.96. The molecule has 0 aliphatic rings. The number of hydroxylamine groups is 2. The van der Waals surface area contributed by atoms with E-state index in [1.54, 1.807) is 36.7 Å². The fourth-order valence-corrected chi connectivity index (χ4v) is 2.37. The van der Waals surface area contributed by atoms with Crippen molar-refractivity contribution < 1.29 is 9.86 Å². The van der Waals surface area contributed by atoms with Crippen LogP contribution in [0.4, 0.5) is 0 Å². The van der Waals surface area contributed by atoms with Crippen molar-refractivity contribution >= 4 is 5.91 Å². The Bertz CT molecular complexity index is 771. The Morgan fingerprint density at radius 1 is 0.870 bits per heavy atom. The van der Waals surface area contributed by atoms with Gasteiger partial charge in [-0.3, -0.25) is 4.98 Å². The molecule has 0 radical (unpaired) electrons. The summed E-state index contributed by atoms with van der Waals surface area (Å²) in [5.74, 6) is -0.457. The Hall–Kier alpha value is -2.82. The van der Waals surface area contributed by atoms with Gasteiger partial charge >= 0.3 is 5.91 Å². The molecule has 23 heavy (non-hydrogen) atoms. The lowest BCUT2D eigenvalue weighted by Gasteiger charge is -2.19. The summed E-state index contributed by atoms with van der Waals surface area (Å²) in [7, 11) is 0. The van der Waals surface area contributed by atoms with Crippen molar-refractivity contribution in [2.45, 2.75) is 6.54 Å². The first-order valence-corrected chi connectivity index (χ1v) is 7.36. The number of hydrogen-bond acceptors (Lipinski definition) is 3. The first kappa shape index (κ1) is 15.1. The zero-order valence-electron chi connectivity index (χ0n) is 12.5. The Labute approximate surface area is 134 Å². The number of nitrogens with zero attached hydrogens (tertiary/aromatic N) is 1. The monoisotopic (exact) mass is 304 g/mol. The van der Waals surface area contributed by atoms with Crippen molar-refractivity contribution in [3.05, 3.63) is 95.5 Å². The molecule has 0 saturated heterocycles. The average molecular weight is 304 g/mol. The van der Waals surface area contributed by atoms with Crippen LogP contribution in [0.25, 0.3) is 11.1 Å². The minimum atomic E-state index is -0.457. The first-order chi connectivity index (χ1) is 11.2. The van der Waals surface area contributed by atoms with Crippen LogP contribution in [0.1, 0.15) is 15.9 Å². The van der Waals surface area contributed by atoms with Crippen LogP contribution in [0.5, 0.6) is 0 Å². The van der Waals surface area contributed by atoms with E-state index in [-0.39, 0.29) is 6.54 Å². The highest BCUT2D eigenvalue weighted by Crippen LogP contribution is 2.18. The second-order valence-corrected chi connectivity index (χ2v) is 5.23. The molecule has 1 aromatic heterocycles. The molecule has 0 aliphatic heterocycles. The lowest BCUT2D eigenvalue weighted by Crippen LogP contribution is -3.08. The van der Waals surface area contributed by atoms with Gasteiger partial charge in [-0.2, -0.15) is 0 Å². The van der Waals surface area contributed by atoms with Gasteiger partial charge in [-0.1, -0.05) is 42.5 Å². The Morgan fingerprint density at radius 3 is 2.13 bits per heavy atom. The molecule has 3 aromatic rings. The molecular formula is C19H16N2O2. The Morgan fingerprint density at radius 2 is 1.48 bits per heavy atom. The van der Waals surface area contributed by atoms with Crippen molar-refractivity contribution in [1.29, 1.82) is 0 Å². The van der Waals surface area contributed by atoms with E-state index in [0.717, 1.165) is 16.7 Å². The normalized spacial score (nSPS) is 11.9. The van der Waals surface area contributed by atoms with Crippen molar-refractivity contribution in [3.8, 4) is 11.1 Å². The van der Waals surface area contributed by atoms with E-state index in [1.165, 1.54) is 0 Å². The number of amides is 1. The number of aromatic nitrogens is 1. The molecule has 4 heteroatoms. The number of hydrogen-bond donors (Lipinski definition) is 1. The molecule has 0 fully saturated rings. The van der Waals surface area contributed by atoms with Gasteiger partial charge in [0.2, 0.25) is 0 Å². The third kappa shape index (κ3) is 3.69. The highest BCUT2D eigenvalue weighted by atomic mass is 16.5. The smallest absolute Gasteiger partial charge is 0.344 e. The van der Waals surface area contributed by atoms with Crippen molar-refractivity contribution in [3.63, 3.8) is 0 Å². The van der Waals surface area contributed by atoms with E-state index in [9.17, 15) is 10.0 Å². The van der Waals surface area contributed by atoms with Gasteiger partial charge in [0.1, 0.15) is 6.54 Å². The molecule has 1 atom stereocenters. The van der Waals surface area contributed by atoms with Gasteiger partial charge in [-0.05, 0) is 35.4 Å². The van der Waals surface area contributed by atoms with Crippen LogP contribution in [-0.4, -0.2) is 10.9 Å². The third-order valence-corrected chi connectivity index (χ3v) is 3.62. The molecule has 0 aliphatic carbocycles. The summed E-state index contributed by atoms with van der Waals surface area (Å²) in [5.41, 5.74) is 3.31. The molecule has 0 spiro atoms. The number of pyridine rings is 1. The summed E-state index contributed by atoms with van der Waals surface area (Å²) in [5, 5.41) is 11.7. The van der Waals surface area contributed by atoms with Gasteiger partial charge in [-0.25, -0.2) is 4.79 Å². The molecule has 1 unspecified atom stereocenters. The molecule has 4 nitrogen and oxygen atoms in total. The molecule has 0 saturated carbocycles. The van der Waals surface area contributed by atoms with E-state index < -0.39 is 11.0 Å². The number of benzene rings is 2. The molecule has 1 amide bonds. The number of carbonyl (C=O) groups is 1. The highest BCUT2D eigenvalue weighted by molar-refractivity contribution is 5.88. The van der Waals surface area contributed by atoms with Gasteiger partial charge in [0.15, 0.2) is 0 Å². The number of rotatable bonds is 4. The zero-order chi connectivity index (χ0) is 16.1. The van der Waals surface area contributed by atoms with E-state index in [0.29, 0.717) is 5.56 Å². The standard InChI is InChI=1S/C19H16N2O2/c22-19(21(23)14-15-10-12-20-13-11-15)18-8-6-17(7-9-18)16-4-2-1-3-5-16/h1-13,21H,14H2. The summed E-state index contributed by atoms with van der Waals surface area (Å²) in [4.78, 5) is 16.1. The lowest BCUT2D eigenvalue weighted by atomic mass is 10.0. The maximum absolute atomic E-state index is 12.2. The fourth-order valence-electron chi connectivity index (χ4n) is 2.37.